The van der Waals surface area contributed by atoms with Crippen LogP contribution in [-0.2, 0) is 20.9 Å². The highest BCUT2D eigenvalue weighted by Crippen LogP contribution is 2.43. The second kappa shape index (κ2) is 6.74. The number of hydrogen-bond donors (Lipinski definition) is 1. The molecule has 1 aromatic rings. The van der Waals surface area contributed by atoms with Crippen molar-refractivity contribution in [2.75, 3.05) is 13.1 Å². The van der Waals surface area contributed by atoms with E-state index in [-0.39, 0.29) is 24.2 Å². The molecule has 3 fully saturated rings. The number of likely N-dealkylation sites (tertiary alicyclic amines) is 2. The Morgan fingerprint density at radius 2 is 1.88 bits per heavy atom. The van der Waals surface area contributed by atoms with Crippen LogP contribution in [0.1, 0.15) is 31.2 Å². The van der Waals surface area contributed by atoms with E-state index in [2.05, 4.69) is 0 Å². The van der Waals surface area contributed by atoms with Crippen LogP contribution in [0.15, 0.2) is 30.3 Å². The smallest absolute Gasteiger partial charge is 0.326 e. The van der Waals surface area contributed by atoms with Gasteiger partial charge in [0.05, 0.1) is 5.92 Å². The highest BCUT2D eigenvalue weighted by atomic mass is 16.4. The number of nitrogens with zero attached hydrogens (tertiary/aromatic N) is 2. The van der Waals surface area contributed by atoms with Crippen LogP contribution < -0.4 is 0 Å². The van der Waals surface area contributed by atoms with Crippen LogP contribution in [0.2, 0.25) is 0 Å². The third kappa shape index (κ3) is 2.97. The topological polar surface area (TPSA) is 77.9 Å². The Bertz CT molecular complexity index is 720. The molecule has 1 aliphatic carbocycles. The molecule has 2 saturated heterocycles. The molecule has 0 bridgehead atoms. The normalized spacial score (nSPS) is 30.7. The molecule has 1 N–H and O–H groups in total. The molecule has 6 nitrogen and oxygen atoms in total. The SMILES string of the molecule is O=C(O)C1C2CCCC2CN1C(=O)C1CC(=O)N(Cc2ccccc2)C1. The summed E-state index contributed by atoms with van der Waals surface area (Å²) in [5, 5.41) is 9.65. The number of benzene rings is 1. The standard InChI is InChI=1S/C20H24N2O4/c23-17-9-15(11-21(17)10-13-5-2-1-3-6-13)19(24)22-12-14-7-4-8-16(14)18(22)20(25)26/h1-3,5-6,14-16,18H,4,7-12H2,(H,25,26). The van der Waals surface area contributed by atoms with Crippen molar-refractivity contribution in [1.82, 2.24) is 9.80 Å². The summed E-state index contributed by atoms with van der Waals surface area (Å²) < 4.78 is 0. The second-order valence-corrected chi connectivity index (χ2v) is 7.79. The van der Waals surface area contributed by atoms with Crippen molar-refractivity contribution in [2.24, 2.45) is 17.8 Å². The minimum Gasteiger partial charge on any atom is -0.480 e. The second-order valence-electron chi connectivity index (χ2n) is 7.79. The number of fused-ring (bicyclic) bond motifs is 1. The van der Waals surface area contributed by atoms with E-state index in [1.807, 2.05) is 30.3 Å². The van der Waals surface area contributed by atoms with Crippen molar-refractivity contribution in [2.45, 2.75) is 38.3 Å². The first-order valence-electron chi connectivity index (χ1n) is 9.39. The van der Waals surface area contributed by atoms with Gasteiger partial charge >= 0.3 is 5.97 Å². The summed E-state index contributed by atoms with van der Waals surface area (Å²) in [7, 11) is 0. The van der Waals surface area contributed by atoms with Gasteiger partial charge in [-0.1, -0.05) is 36.8 Å². The first kappa shape index (κ1) is 17.1. The molecule has 0 radical (unpaired) electrons. The van der Waals surface area contributed by atoms with Gasteiger partial charge in [-0.3, -0.25) is 9.59 Å². The van der Waals surface area contributed by atoms with Crippen LogP contribution in [0.25, 0.3) is 0 Å². The molecule has 1 saturated carbocycles. The third-order valence-electron chi connectivity index (χ3n) is 6.21. The van der Waals surface area contributed by atoms with Gasteiger partial charge in [0.25, 0.3) is 0 Å². The van der Waals surface area contributed by atoms with Crippen LogP contribution >= 0.6 is 0 Å². The minimum absolute atomic E-state index is 0.0292. The Kier molecular flexibility index (Phi) is 4.42. The molecule has 0 aromatic heterocycles. The lowest BCUT2D eigenvalue weighted by Gasteiger charge is -2.27. The summed E-state index contributed by atoms with van der Waals surface area (Å²) in [6, 6.07) is 9.00. The molecule has 4 unspecified atom stereocenters. The van der Waals surface area contributed by atoms with Gasteiger partial charge in [0.2, 0.25) is 11.8 Å². The Hall–Kier alpha value is -2.37. The number of hydrogen-bond acceptors (Lipinski definition) is 3. The Balaban J connectivity index is 1.45. The molecular weight excluding hydrogens is 332 g/mol. The number of carbonyl (C=O) groups is 3. The van der Waals surface area contributed by atoms with E-state index in [1.54, 1.807) is 9.80 Å². The molecule has 4 rings (SSSR count). The molecule has 1 aromatic carbocycles. The average molecular weight is 356 g/mol. The lowest BCUT2D eigenvalue weighted by Crippen LogP contribution is -2.46. The molecular formula is C20H24N2O4. The number of carboxylic acid groups (broad SMARTS) is 1. The number of amides is 2. The van der Waals surface area contributed by atoms with Crippen molar-refractivity contribution in [3.05, 3.63) is 35.9 Å². The molecule has 2 aliphatic heterocycles. The molecule has 0 spiro atoms. The van der Waals surface area contributed by atoms with E-state index in [0.29, 0.717) is 25.6 Å². The van der Waals surface area contributed by atoms with Crippen molar-refractivity contribution in [3.8, 4) is 0 Å². The van der Waals surface area contributed by atoms with E-state index >= 15 is 0 Å². The molecule has 26 heavy (non-hydrogen) atoms. The van der Waals surface area contributed by atoms with E-state index in [9.17, 15) is 19.5 Å². The van der Waals surface area contributed by atoms with Crippen LogP contribution in [-0.4, -0.2) is 51.8 Å². The predicted molar refractivity (Wildman–Crippen MR) is 93.9 cm³/mol. The monoisotopic (exact) mass is 356 g/mol. The van der Waals surface area contributed by atoms with Gasteiger partial charge in [-0.15, -0.1) is 0 Å². The van der Waals surface area contributed by atoms with E-state index in [0.717, 1.165) is 24.8 Å². The zero-order valence-electron chi connectivity index (χ0n) is 14.7. The first-order chi connectivity index (χ1) is 12.5. The zero-order valence-corrected chi connectivity index (χ0v) is 14.7. The van der Waals surface area contributed by atoms with Crippen molar-refractivity contribution in [3.63, 3.8) is 0 Å². The van der Waals surface area contributed by atoms with Crippen LogP contribution in [0.5, 0.6) is 0 Å². The maximum Gasteiger partial charge on any atom is 0.326 e. The zero-order chi connectivity index (χ0) is 18.3. The summed E-state index contributed by atoms with van der Waals surface area (Å²) in [6.07, 6.45) is 3.12. The summed E-state index contributed by atoms with van der Waals surface area (Å²) in [5.74, 6) is -1.13. The molecule has 6 heteroatoms. The summed E-state index contributed by atoms with van der Waals surface area (Å²) >= 11 is 0. The Labute approximate surface area is 152 Å². The van der Waals surface area contributed by atoms with Gasteiger partial charge in [-0.25, -0.2) is 4.79 Å². The van der Waals surface area contributed by atoms with Gasteiger partial charge in [-0.05, 0) is 30.2 Å². The number of carboxylic acids is 1. The fourth-order valence-corrected chi connectivity index (χ4v) is 4.98. The van der Waals surface area contributed by atoms with Gasteiger partial charge < -0.3 is 14.9 Å². The van der Waals surface area contributed by atoms with Crippen molar-refractivity contribution >= 4 is 17.8 Å². The molecule has 2 amide bonds. The van der Waals surface area contributed by atoms with Gasteiger partial charge in [0.15, 0.2) is 0 Å². The number of aliphatic carboxylic acids is 1. The molecule has 138 valence electrons. The van der Waals surface area contributed by atoms with Crippen LogP contribution in [0, 0.1) is 17.8 Å². The largest absolute Gasteiger partial charge is 0.480 e. The van der Waals surface area contributed by atoms with Gasteiger partial charge in [-0.2, -0.15) is 0 Å². The summed E-state index contributed by atoms with van der Waals surface area (Å²) in [6.45, 7) is 1.41. The van der Waals surface area contributed by atoms with E-state index < -0.39 is 17.9 Å². The minimum atomic E-state index is -0.904. The number of rotatable bonds is 4. The van der Waals surface area contributed by atoms with E-state index in [1.165, 1.54) is 0 Å². The molecule has 4 atom stereocenters. The maximum atomic E-state index is 13.0. The maximum absolute atomic E-state index is 13.0. The summed E-state index contributed by atoms with van der Waals surface area (Å²) in [5.41, 5.74) is 1.04. The van der Waals surface area contributed by atoms with Gasteiger partial charge in [0.1, 0.15) is 6.04 Å². The highest BCUT2D eigenvalue weighted by molar-refractivity contribution is 5.92. The van der Waals surface area contributed by atoms with Crippen LogP contribution in [0.4, 0.5) is 0 Å². The predicted octanol–water partition coefficient (Wildman–Crippen LogP) is 1.75. The molecule has 3 aliphatic rings. The summed E-state index contributed by atoms with van der Waals surface area (Å²) in [4.78, 5) is 40.4. The Morgan fingerprint density at radius 3 is 2.62 bits per heavy atom. The average Bonchev–Trinajstić information content (AvgIpc) is 3.29. The highest BCUT2D eigenvalue weighted by Gasteiger charge is 2.51. The first-order valence-corrected chi connectivity index (χ1v) is 9.39. The van der Waals surface area contributed by atoms with Crippen molar-refractivity contribution in [1.29, 1.82) is 0 Å². The Morgan fingerprint density at radius 1 is 1.12 bits per heavy atom. The van der Waals surface area contributed by atoms with Crippen molar-refractivity contribution < 1.29 is 19.5 Å². The van der Waals surface area contributed by atoms with Crippen LogP contribution in [0.3, 0.4) is 0 Å². The molecule has 2 heterocycles. The lowest BCUT2D eigenvalue weighted by molar-refractivity contribution is -0.151. The number of carbonyl (C=O) groups excluding carboxylic acids is 2. The van der Waals surface area contributed by atoms with Gasteiger partial charge in [0, 0.05) is 26.1 Å². The fraction of sp³-hybridized carbons (Fsp3) is 0.550. The quantitative estimate of drug-likeness (QED) is 0.891. The lowest BCUT2D eigenvalue weighted by atomic mass is 9.94. The van der Waals surface area contributed by atoms with E-state index in [4.69, 9.17) is 0 Å². The third-order valence-corrected chi connectivity index (χ3v) is 6.21. The fourth-order valence-electron chi connectivity index (χ4n) is 4.98.